The van der Waals surface area contributed by atoms with Crippen LogP contribution in [0.15, 0.2) is 53.2 Å². The number of halogens is 1. The fourth-order valence-corrected chi connectivity index (χ4v) is 3.22. The van der Waals surface area contributed by atoms with E-state index in [1.807, 2.05) is 42.5 Å². The van der Waals surface area contributed by atoms with Crippen molar-refractivity contribution in [3.8, 4) is 0 Å². The van der Waals surface area contributed by atoms with Crippen molar-refractivity contribution in [2.75, 3.05) is 19.6 Å². The highest BCUT2D eigenvalue weighted by Gasteiger charge is 2.29. The van der Waals surface area contributed by atoms with Crippen LogP contribution in [0, 0.1) is 6.92 Å². The summed E-state index contributed by atoms with van der Waals surface area (Å²) in [5.74, 6) is 0.889. The molecule has 1 atom stereocenters. The van der Waals surface area contributed by atoms with Crippen molar-refractivity contribution in [2.24, 2.45) is 0 Å². The van der Waals surface area contributed by atoms with Gasteiger partial charge in [-0.2, -0.15) is 0 Å². The molecule has 1 aliphatic rings. The predicted octanol–water partition coefficient (Wildman–Crippen LogP) is -0.859. The third-order valence-corrected chi connectivity index (χ3v) is 4.61. The first-order chi connectivity index (χ1) is 11.7. The van der Waals surface area contributed by atoms with Gasteiger partial charge in [-0.15, -0.1) is 0 Å². The van der Waals surface area contributed by atoms with Crippen LogP contribution < -0.4 is 22.6 Å². The molecule has 2 heterocycles. The maximum Gasteiger partial charge on any atom is 0.244 e. The first-order valence-corrected chi connectivity index (χ1v) is 8.63. The Balaban J connectivity index is 0.00000225. The van der Waals surface area contributed by atoms with Crippen LogP contribution in [0.1, 0.15) is 35.8 Å². The number of aryl methyl sites for hydroxylation is 1. The zero-order valence-corrected chi connectivity index (χ0v) is 15.3. The first-order valence-electron chi connectivity index (χ1n) is 8.63. The lowest BCUT2D eigenvalue weighted by Crippen LogP contribution is -3.11. The van der Waals surface area contributed by atoms with Crippen LogP contribution in [0.5, 0.6) is 0 Å². The van der Waals surface area contributed by atoms with E-state index < -0.39 is 0 Å². The molecule has 4 nitrogen and oxygen atoms in total. The average Bonchev–Trinajstić information content (AvgIpc) is 3.29. The maximum absolute atomic E-state index is 12.1. The van der Waals surface area contributed by atoms with Gasteiger partial charge >= 0.3 is 0 Å². The summed E-state index contributed by atoms with van der Waals surface area (Å²) in [6.07, 6.45) is 7.64. The van der Waals surface area contributed by atoms with E-state index in [9.17, 15) is 4.79 Å². The molecule has 1 aromatic heterocycles. The van der Waals surface area contributed by atoms with Gasteiger partial charge in [0, 0.05) is 18.9 Å². The van der Waals surface area contributed by atoms with Crippen LogP contribution in [-0.2, 0) is 4.79 Å². The Bertz CT molecular complexity index is 674. The number of carbonyl (C=O) groups is 1. The lowest BCUT2D eigenvalue weighted by molar-refractivity contribution is -0.919. The minimum atomic E-state index is -0.0641. The largest absolute Gasteiger partial charge is 1.00 e. The van der Waals surface area contributed by atoms with Crippen molar-refractivity contribution in [3.05, 3.63) is 65.6 Å². The number of amides is 1. The predicted molar refractivity (Wildman–Crippen MR) is 94.6 cm³/mol. The standard InChI is InChI=1S/C20H24N2O2.ClH/c1-16-6-8-17(9-7-16)10-11-20(23)21-15-18(19-5-4-14-24-19)22-12-2-3-13-22;/h4-11,14,18H,2-3,12-13,15H2,1H3,(H,21,23);1H. The van der Waals surface area contributed by atoms with Gasteiger partial charge in [-0.25, -0.2) is 0 Å². The number of hydrogen-bond donors (Lipinski definition) is 2. The van der Waals surface area contributed by atoms with Gasteiger partial charge in [0.2, 0.25) is 5.91 Å². The Morgan fingerprint density at radius 2 is 1.96 bits per heavy atom. The van der Waals surface area contributed by atoms with E-state index in [0.717, 1.165) is 24.4 Å². The summed E-state index contributed by atoms with van der Waals surface area (Å²) in [4.78, 5) is 13.6. The van der Waals surface area contributed by atoms with E-state index in [4.69, 9.17) is 4.42 Å². The van der Waals surface area contributed by atoms with Gasteiger partial charge in [0.25, 0.3) is 0 Å². The second-order valence-corrected chi connectivity index (χ2v) is 6.42. The molecule has 2 aromatic rings. The molecule has 25 heavy (non-hydrogen) atoms. The highest BCUT2D eigenvalue weighted by atomic mass is 35.5. The molecule has 134 valence electrons. The molecule has 1 fully saturated rings. The summed E-state index contributed by atoms with van der Waals surface area (Å²) in [6, 6.07) is 12.2. The number of carbonyl (C=O) groups excluding carboxylic acids is 1. The maximum atomic E-state index is 12.1. The van der Waals surface area contributed by atoms with E-state index in [1.54, 1.807) is 12.3 Å². The van der Waals surface area contributed by atoms with Gasteiger partial charge in [-0.1, -0.05) is 29.8 Å². The van der Waals surface area contributed by atoms with Crippen molar-refractivity contribution < 1.29 is 26.5 Å². The molecule has 5 heteroatoms. The fourth-order valence-electron chi connectivity index (χ4n) is 3.22. The molecule has 1 saturated heterocycles. The van der Waals surface area contributed by atoms with E-state index in [-0.39, 0.29) is 24.4 Å². The Kier molecular flexibility index (Phi) is 7.29. The SMILES string of the molecule is Cc1ccc(C=CC(=O)NCC(c2ccco2)[NH+]2CCCC2)cc1.[Cl-]. The number of rotatable bonds is 6. The van der Waals surface area contributed by atoms with Crippen molar-refractivity contribution >= 4 is 12.0 Å². The zero-order valence-electron chi connectivity index (χ0n) is 14.5. The smallest absolute Gasteiger partial charge is 0.244 e. The lowest BCUT2D eigenvalue weighted by atomic mass is 10.1. The number of likely N-dealkylation sites (tertiary alicyclic amines) is 1. The van der Waals surface area contributed by atoms with Gasteiger partial charge in [-0.3, -0.25) is 4.79 Å². The van der Waals surface area contributed by atoms with Gasteiger partial charge in [0.15, 0.2) is 11.8 Å². The van der Waals surface area contributed by atoms with Gasteiger partial charge < -0.3 is 27.0 Å². The summed E-state index contributed by atoms with van der Waals surface area (Å²) in [7, 11) is 0. The monoisotopic (exact) mass is 360 g/mol. The van der Waals surface area contributed by atoms with E-state index in [0.29, 0.717) is 6.54 Å². The lowest BCUT2D eigenvalue weighted by Gasteiger charge is -2.22. The van der Waals surface area contributed by atoms with Gasteiger partial charge in [0.05, 0.1) is 25.9 Å². The molecule has 0 saturated carbocycles. The summed E-state index contributed by atoms with van der Waals surface area (Å²) < 4.78 is 5.59. The molecular formula is C20H25ClN2O2. The van der Waals surface area contributed by atoms with Crippen molar-refractivity contribution in [3.63, 3.8) is 0 Å². The second kappa shape index (κ2) is 9.44. The van der Waals surface area contributed by atoms with Crippen molar-refractivity contribution in [1.29, 1.82) is 0 Å². The third-order valence-electron chi connectivity index (χ3n) is 4.61. The van der Waals surface area contributed by atoms with Crippen molar-refractivity contribution in [2.45, 2.75) is 25.8 Å². The Hall–Kier alpha value is -2.04. The fraction of sp³-hybridized carbons (Fsp3) is 0.350. The number of hydrogen-bond acceptors (Lipinski definition) is 2. The summed E-state index contributed by atoms with van der Waals surface area (Å²) in [6.45, 7) is 4.93. The summed E-state index contributed by atoms with van der Waals surface area (Å²) in [5, 5.41) is 3.02. The molecule has 0 spiro atoms. The minimum absolute atomic E-state index is 0. The topological polar surface area (TPSA) is 46.7 Å². The minimum Gasteiger partial charge on any atom is -1.00 e. The molecule has 2 N–H and O–H groups in total. The Morgan fingerprint density at radius 1 is 1.24 bits per heavy atom. The van der Waals surface area contributed by atoms with Crippen molar-refractivity contribution in [1.82, 2.24) is 5.32 Å². The molecule has 0 radical (unpaired) electrons. The number of nitrogens with one attached hydrogen (secondary N) is 2. The highest BCUT2D eigenvalue weighted by molar-refractivity contribution is 5.91. The molecule has 3 rings (SSSR count). The van der Waals surface area contributed by atoms with E-state index in [2.05, 4.69) is 12.2 Å². The molecular weight excluding hydrogens is 336 g/mol. The Morgan fingerprint density at radius 3 is 2.60 bits per heavy atom. The summed E-state index contributed by atoms with van der Waals surface area (Å²) in [5.41, 5.74) is 2.25. The highest BCUT2D eigenvalue weighted by Crippen LogP contribution is 2.11. The Labute approximate surface area is 155 Å². The molecule has 1 aliphatic heterocycles. The molecule has 1 unspecified atom stereocenters. The first kappa shape index (κ1) is 19.3. The van der Waals surface area contributed by atoms with Gasteiger partial charge in [-0.05, 0) is 30.7 Å². The molecule has 0 bridgehead atoms. The molecule has 1 amide bonds. The average molecular weight is 361 g/mol. The van der Waals surface area contributed by atoms with Crippen LogP contribution in [0.25, 0.3) is 6.08 Å². The van der Waals surface area contributed by atoms with Crippen LogP contribution in [0.3, 0.4) is 0 Å². The van der Waals surface area contributed by atoms with Crippen LogP contribution in [-0.4, -0.2) is 25.5 Å². The molecule has 0 aliphatic carbocycles. The number of benzene rings is 1. The summed E-state index contributed by atoms with van der Waals surface area (Å²) >= 11 is 0. The zero-order chi connectivity index (χ0) is 16.8. The van der Waals surface area contributed by atoms with Crippen LogP contribution >= 0.6 is 0 Å². The van der Waals surface area contributed by atoms with Gasteiger partial charge in [0.1, 0.15) is 0 Å². The second-order valence-electron chi connectivity index (χ2n) is 6.42. The van der Waals surface area contributed by atoms with E-state index in [1.165, 1.54) is 23.3 Å². The number of furan rings is 1. The van der Waals surface area contributed by atoms with Crippen LogP contribution in [0.2, 0.25) is 0 Å². The number of quaternary nitrogens is 1. The third kappa shape index (κ3) is 5.48. The quantitative estimate of drug-likeness (QED) is 0.659. The van der Waals surface area contributed by atoms with E-state index >= 15 is 0 Å². The molecule has 1 aromatic carbocycles. The van der Waals surface area contributed by atoms with Crippen LogP contribution in [0.4, 0.5) is 0 Å². The normalized spacial score (nSPS) is 15.9.